The van der Waals surface area contributed by atoms with E-state index in [9.17, 15) is 4.79 Å². The van der Waals surface area contributed by atoms with Gasteiger partial charge >= 0.3 is 0 Å². The van der Waals surface area contributed by atoms with Gasteiger partial charge in [-0.05, 0) is 22.4 Å². The highest BCUT2D eigenvalue weighted by Crippen LogP contribution is 2.13. The van der Waals surface area contributed by atoms with E-state index < -0.39 is 5.91 Å². The molecule has 1 amide bonds. The standard InChI is InChI=1S/C11H12N4OS/c1-15(6-8-2-3-17-7-8)10-5-13-4-9(14-10)11(12)16/h2-5,7H,6H2,1H3,(H2,12,16). The van der Waals surface area contributed by atoms with Gasteiger partial charge in [-0.3, -0.25) is 9.78 Å². The van der Waals surface area contributed by atoms with E-state index in [0.29, 0.717) is 5.82 Å². The minimum atomic E-state index is -0.566. The van der Waals surface area contributed by atoms with Gasteiger partial charge in [0.1, 0.15) is 11.5 Å². The molecule has 2 rings (SSSR count). The van der Waals surface area contributed by atoms with Crippen molar-refractivity contribution in [2.24, 2.45) is 5.73 Å². The zero-order chi connectivity index (χ0) is 12.3. The Hall–Kier alpha value is -1.95. The Bertz CT molecular complexity index is 512. The van der Waals surface area contributed by atoms with Crippen molar-refractivity contribution in [3.8, 4) is 0 Å². The highest BCUT2D eigenvalue weighted by molar-refractivity contribution is 7.07. The smallest absolute Gasteiger partial charge is 0.268 e. The number of amides is 1. The number of hydrogen-bond acceptors (Lipinski definition) is 5. The van der Waals surface area contributed by atoms with Crippen molar-refractivity contribution in [3.63, 3.8) is 0 Å². The van der Waals surface area contributed by atoms with Crippen LogP contribution in [0.15, 0.2) is 29.2 Å². The number of primary amides is 1. The minimum absolute atomic E-state index is 0.180. The highest BCUT2D eigenvalue weighted by atomic mass is 32.1. The number of carbonyl (C=O) groups is 1. The quantitative estimate of drug-likeness (QED) is 0.884. The molecule has 0 aliphatic carbocycles. The summed E-state index contributed by atoms with van der Waals surface area (Å²) in [5.41, 5.74) is 6.54. The third-order valence-corrected chi connectivity index (χ3v) is 3.00. The van der Waals surface area contributed by atoms with Crippen LogP contribution in [0.4, 0.5) is 5.82 Å². The van der Waals surface area contributed by atoms with Gasteiger partial charge in [0.2, 0.25) is 0 Å². The van der Waals surface area contributed by atoms with Crippen LogP contribution in [0.1, 0.15) is 16.1 Å². The lowest BCUT2D eigenvalue weighted by atomic mass is 10.3. The number of anilines is 1. The van der Waals surface area contributed by atoms with E-state index in [4.69, 9.17) is 5.73 Å². The van der Waals surface area contributed by atoms with E-state index >= 15 is 0 Å². The molecule has 88 valence electrons. The molecule has 0 unspecified atom stereocenters. The van der Waals surface area contributed by atoms with Crippen LogP contribution < -0.4 is 10.6 Å². The summed E-state index contributed by atoms with van der Waals surface area (Å²) in [6.07, 6.45) is 2.98. The number of nitrogens with zero attached hydrogens (tertiary/aromatic N) is 3. The fourth-order valence-electron chi connectivity index (χ4n) is 1.40. The second kappa shape index (κ2) is 4.92. The molecule has 2 heterocycles. The lowest BCUT2D eigenvalue weighted by Gasteiger charge is -2.17. The Morgan fingerprint density at radius 3 is 3.00 bits per heavy atom. The molecule has 0 fully saturated rings. The number of thiophene rings is 1. The summed E-state index contributed by atoms with van der Waals surface area (Å²) in [6.45, 7) is 0.723. The van der Waals surface area contributed by atoms with Gasteiger partial charge in [0.05, 0.1) is 12.4 Å². The van der Waals surface area contributed by atoms with Crippen LogP contribution in [0.2, 0.25) is 0 Å². The molecule has 0 atom stereocenters. The van der Waals surface area contributed by atoms with Crippen LogP contribution in [0.3, 0.4) is 0 Å². The molecular formula is C11H12N4OS. The molecule has 0 bridgehead atoms. The fourth-order valence-corrected chi connectivity index (χ4v) is 2.06. The van der Waals surface area contributed by atoms with Crippen LogP contribution in [-0.4, -0.2) is 22.9 Å². The lowest BCUT2D eigenvalue weighted by Crippen LogP contribution is -2.20. The van der Waals surface area contributed by atoms with Crippen LogP contribution >= 0.6 is 11.3 Å². The zero-order valence-electron chi connectivity index (χ0n) is 9.33. The van der Waals surface area contributed by atoms with Crippen molar-refractivity contribution in [1.29, 1.82) is 0 Å². The Morgan fingerprint density at radius 2 is 2.35 bits per heavy atom. The lowest BCUT2D eigenvalue weighted by molar-refractivity contribution is 0.0995. The van der Waals surface area contributed by atoms with Gasteiger partial charge in [0, 0.05) is 13.6 Å². The number of hydrogen-bond donors (Lipinski definition) is 1. The third-order valence-electron chi connectivity index (χ3n) is 2.27. The maximum absolute atomic E-state index is 11.0. The summed E-state index contributed by atoms with van der Waals surface area (Å²) in [7, 11) is 1.90. The molecule has 2 aromatic heterocycles. The van der Waals surface area contributed by atoms with Crippen LogP contribution in [0.25, 0.3) is 0 Å². The number of rotatable bonds is 4. The Labute approximate surface area is 103 Å². The van der Waals surface area contributed by atoms with Crippen molar-refractivity contribution in [1.82, 2.24) is 9.97 Å². The van der Waals surface area contributed by atoms with Crippen molar-refractivity contribution in [3.05, 3.63) is 40.5 Å². The van der Waals surface area contributed by atoms with Gasteiger partial charge < -0.3 is 10.6 Å². The highest BCUT2D eigenvalue weighted by Gasteiger charge is 2.08. The molecule has 2 aromatic rings. The normalized spacial score (nSPS) is 10.2. The fraction of sp³-hybridized carbons (Fsp3) is 0.182. The summed E-state index contributed by atoms with van der Waals surface area (Å²) < 4.78 is 0. The summed E-state index contributed by atoms with van der Waals surface area (Å²) in [5.74, 6) is 0.0655. The van der Waals surface area contributed by atoms with Crippen molar-refractivity contribution in [2.75, 3.05) is 11.9 Å². The van der Waals surface area contributed by atoms with E-state index in [1.807, 2.05) is 23.4 Å². The average Bonchev–Trinajstić information content (AvgIpc) is 2.82. The number of nitrogens with two attached hydrogens (primary N) is 1. The molecular weight excluding hydrogens is 236 g/mol. The summed E-state index contributed by atoms with van der Waals surface area (Å²) in [4.78, 5) is 21.0. The van der Waals surface area contributed by atoms with Crippen molar-refractivity contribution >= 4 is 23.1 Å². The molecule has 5 nitrogen and oxygen atoms in total. The number of aromatic nitrogens is 2. The third kappa shape index (κ3) is 2.79. The van der Waals surface area contributed by atoms with Crippen molar-refractivity contribution < 1.29 is 4.79 Å². The Balaban J connectivity index is 2.16. The first-order chi connectivity index (χ1) is 8.16. The second-order valence-corrected chi connectivity index (χ2v) is 4.39. The Morgan fingerprint density at radius 1 is 1.53 bits per heavy atom. The Kier molecular flexibility index (Phi) is 3.34. The first kappa shape index (κ1) is 11.5. The van der Waals surface area contributed by atoms with Gasteiger partial charge in [-0.15, -0.1) is 0 Å². The second-order valence-electron chi connectivity index (χ2n) is 3.61. The average molecular weight is 248 g/mol. The monoisotopic (exact) mass is 248 g/mol. The van der Waals surface area contributed by atoms with Gasteiger partial charge in [0.25, 0.3) is 5.91 Å². The SMILES string of the molecule is CN(Cc1ccsc1)c1cncc(C(N)=O)n1. The predicted molar refractivity (Wildman–Crippen MR) is 67.0 cm³/mol. The van der Waals surface area contributed by atoms with E-state index in [-0.39, 0.29) is 5.69 Å². The molecule has 0 aromatic carbocycles. The summed E-state index contributed by atoms with van der Waals surface area (Å²) in [5, 5.41) is 4.09. The largest absolute Gasteiger partial charge is 0.364 e. The predicted octanol–water partition coefficient (Wildman–Crippen LogP) is 1.27. The molecule has 0 spiro atoms. The first-order valence-electron chi connectivity index (χ1n) is 5.01. The van der Waals surface area contributed by atoms with Gasteiger partial charge in [0.15, 0.2) is 0 Å². The molecule has 17 heavy (non-hydrogen) atoms. The zero-order valence-corrected chi connectivity index (χ0v) is 10.1. The van der Waals surface area contributed by atoms with E-state index in [1.165, 1.54) is 11.8 Å². The summed E-state index contributed by atoms with van der Waals surface area (Å²) >= 11 is 1.65. The minimum Gasteiger partial charge on any atom is -0.364 e. The molecule has 2 N–H and O–H groups in total. The maximum Gasteiger partial charge on any atom is 0.268 e. The van der Waals surface area contributed by atoms with Gasteiger partial charge in [-0.1, -0.05) is 0 Å². The maximum atomic E-state index is 11.0. The van der Waals surface area contributed by atoms with E-state index in [2.05, 4.69) is 15.3 Å². The van der Waals surface area contributed by atoms with Crippen LogP contribution in [-0.2, 0) is 6.54 Å². The molecule has 0 radical (unpaired) electrons. The van der Waals surface area contributed by atoms with Crippen molar-refractivity contribution in [2.45, 2.75) is 6.54 Å². The molecule has 0 saturated carbocycles. The molecule has 0 aliphatic rings. The topological polar surface area (TPSA) is 72.1 Å². The summed E-state index contributed by atoms with van der Waals surface area (Å²) in [6, 6.07) is 2.05. The molecule has 0 saturated heterocycles. The van der Waals surface area contributed by atoms with Crippen LogP contribution in [0, 0.1) is 0 Å². The van der Waals surface area contributed by atoms with Gasteiger partial charge in [-0.25, -0.2) is 4.98 Å². The molecule has 6 heteroatoms. The number of carbonyl (C=O) groups excluding carboxylic acids is 1. The van der Waals surface area contributed by atoms with Crippen LogP contribution in [0.5, 0.6) is 0 Å². The van der Waals surface area contributed by atoms with E-state index in [0.717, 1.165) is 6.54 Å². The van der Waals surface area contributed by atoms with E-state index in [1.54, 1.807) is 17.5 Å². The molecule has 0 aliphatic heterocycles. The first-order valence-corrected chi connectivity index (χ1v) is 5.95. The van der Waals surface area contributed by atoms with Gasteiger partial charge in [-0.2, -0.15) is 11.3 Å².